The number of pyridine rings is 1. The van der Waals surface area contributed by atoms with Crippen LogP contribution in [-0.2, 0) is 14.3 Å². The predicted molar refractivity (Wildman–Crippen MR) is 64.2 cm³/mol. The number of rotatable bonds is 5. The van der Waals surface area contributed by atoms with Crippen molar-refractivity contribution in [1.82, 2.24) is 4.98 Å². The molecule has 2 atom stereocenters. The molecule has 5 nitrogen and oxygen atoms in total. The molecule has 2 rings (SSSR count). The molecule has 0 aromatic carbocycles. The van der Waals surface area contributed by atoms with Crippen LogP contribution in [0.1, 0.15) is 6.42 Å². The fourth-order valence-corrected chi connectivity index (χ4v) is 2.04. The van der Waals surface area contributed by atoms with Crippen molar-refractivity contribution in [1.29, 1.82) is 0 Å². The van der Waals surface area contributed by atoms with Gasteiger partial charge in [-0.25, -0.2) is 0 Å². The number of esters is 1. The second-order valence-electron chi connectivity index (χ2n) is 4.25. The standard InChI is InChI=1S/C13H17NO4/c1-16-13(15)12(10-4-6-17-8-10)9-18-11-3-2-5-14-7-11/h2-3,5,7,10,12H,4,6,8-9H2,1H3. The number of carbonyl (C=O) groups excluding carboxylic acids is 1. The predicted octanol–water partition coefficient (Wildman–Crippen LogP) is 1.29. The molecule has 1 aromatic rings. The summed E-state index contributed by atoms with van der Waals surface area (Å²) in [5, 5.41) is 0. The third kappa shape index (κ3) is 3.20. The van der Waals surface area contributed by atoms with E-state index in [1.165, 1.54) is 7.11 Å². The van der Waals surface area contributed by atoms with Gasteiger partial charge in [0.05, 0.1) is 25.8 Å². The van der Waals surface area contributed by atoms with E-state index in [1.54, 1.807) is 18.5 Å². The minimum absolute atomic E-state index is 0.175. The quantitative estimate of drug-likeness (QED) is 0.738. The molecule has 18 heavy (non-hydrogen) atoms. The fourth-order valence-electron chi connectivity index (χ4n) is 2.04. The Morgan fingerprint density at radius 3 is 3.17 bits per heavy atom. The average Bonchev–Trinajstić information content (AvgIpc) is 2.94. The highest BCUT2D eigenvalue weighted by Gasteiger charge is 2.32. The first-order valence-corrected chi connectivity index (χ1v) is 5.99. The Morgan fingerprint density at radius 2 is 2.56 bits per heavy atom. The Bertz CT molecular complexity index is 376. The van der Waals surface area contributed by atoms with Crippen LogP contribution in [0.3, 0.4) is 0 Å². The molecule has 0 aliphatic carbocycles. The maximum atomic E-state index is 11.7. The molecule has 2 heterocycles. The molecule has 1 aliphatic rings. The summed E-state index contributed by atoms with van der Waals surface area (Å²) in [7, 11) is 1.40. The topological polar surface area (TPSA) is 57.7 Å². The van der Waals surface area contributed by atoms with Gasteiger partial charge in [0, 0.05) is 18.7 Å². The van der Waals surface area contributed by atoms with Crippen LogP contribution >= 0.6 is 0 Å². The minimum atomic E-state index is -0.280. The summed E-state index contributed by atoms with van der Waals surface area (Å²) < 4.78 is 15.7. The van der Waals surface area contributed by atoms with E-state index in [1.807, 2.05) is 6.07 Å². The molecular formula is C13H17NO4. The summed E-state index contributed by atoms with van der Waals surface area (Å²) >= 11 is 0. The van der Waals surface area contributed by atoms with Crippen molar-refractivity contribution in [2.24, 2.45) is 11.8 Å². The first-order valence-electron chi connectivity index (χ1n) is 5.99. The average molecular weight is 251 g/mol. The lowest BCUT2D eigenvalue weighted by Gasteiger charge is -2.20. The van der Waals surface area contributed by atoms with Gasteiger partial charge in [-0.1, -0.05) is 0 Å². The summed E-state index contributed by atoms with van der Waals surface area (Å²) in [5.41, 5.74) is 0. The third-order valence-electron chi connectivity index (χ3n) is 3.10. The number of nitrogens with zero attached hydrogens (tertiary/aromatic N) is 1. The van der Waals surface area contributed by atoms with Crippen LogP contribution in [0.25, 0.3) is 0 Å². The van der Waals surface area contributed by atoms with Crippen molar-refractivity contribution in [3.63, 3.8) is 0 Å². The van der Waals surface area contributed by atoms with Gasteiger partial charge in [-0.3, -0.25) is 9.78 Å². The van der Waals surface area contributed by atoms with Gasteiger partial charge >= 0.3 is 5.97 Å². The Morgan fingerprint density at radius 1 is 1.67 bits per heavy atom. The van der Waals surface area contributed by atoms with Gasteiger partial charge < -0.3 is 14.2 Å². The molecule has 0 amide bonds. The highest BCUT2D eigenvalue weighted by molar-refractivity contribution is 5.72. The fraction of sp³-hybridized carbons (Fsp3) is 0.538. The second kappa shape index (κ2) is 6.35. The zero-order valence-corrected chi connectivity index (χ0v) is 10.4. The lowest BCUT2D eigenvalue weighted by Crippen LogP contribution is -2.31. The molecule has 0 bridgehead atoms. The number of ether oxygens (including phenoxy) is 3. The Kier molecular flexibility index (Phi) is 4.52. The molecule has 98 valence electrons. The highest BCUT2D eigenvalue weighted by atomic mass is 16.5. The van der Waals surface area contributed by atoms with E-state index < -0.39 is 0 Å². The first-order chi connectivity index (χ1) is 8.81. The summed E-state index contributed by atoms with van der Waals surface area (Å²) in [6.07, 6.45) is 4.17. The Labute approximate surface area is 106 Å². The Balaban J connectivity index is 1.94. The van der Waals surface area contributed by atoms with E-state index in [-0.39, 0.29) is 17.8 Å². The van der Waals surface area contributed by atoms with Gasteiger partial charge in [0.2, 0.25) is 0 Å². The van der Waals surface area contributed by atoms with Crippen LogP contribution in [0, 0.1) is 11.8 Å². The van der Waals surface area contributed by atoms with E-state index in [9.17, 15) is 4.79 Å². The number of carbonyl (C=O) groups is 1. The minimum Gasteiger partial charge on any atom is -0.491 e. The summed E-state index contributed by atoms with van der Waals surface area (Å²) in [5.74, 6) is 0.312. The molecule has 0 saturated carbocycles. The highest BCUT2D eigenvalue weighted by Crippen LogP contribution is 2.24. The maximum Gasteiger partial charge on any atom is 0.312 e. The van der Waals surface area contributed by atoms with Crippen LogP contribution in [-0.4, -0.2) is 37.9 Å². The second-order valence-corrected chi connectivity index (χ2v) is 4.25. The molecule has 1 aliphatic heterocycles. The number of hydrogen-bond donors (Lipinski definition) is 0. The number of aromatic nitrogens is 1. The van der Waals surface area contributed by atoms with E-state index >= 15 is 0 Å². The maximum absolute atomic E-state index is 11.7. The third-order valence-corrected chi connectivity index (χ3v) is 3.10. The zero-order chi connectivity index (χ0) is 12.8. The van der Waals surface area contributed by atoms with Crippen molar-refractivity contribution >= 4 is 5.97 Å². The zero-order valence-electron chi connectivity index (χ0n) is 10.4. The monoisotopic (exact) mass is 251 g/mol. The molecular weight excluding hydrogens is 234 g/mol. The van der Waals surface area contributed by atoms with Gasteiger partial charge in [0.15, 0.2) is 0 Å². The SMILES string of the molecule is COC(=O)C(COc1cccnc1)C1CCOC1. The van der Waals surface area contributed by atoms with Crippen LogP contribution in [0.4, 0.5) is 0 Å². The van der Waals surface area contributed by atoms with Crippen molar-refractivity contribution in [2.45, 2.75) is 6.42 Å². The molecule has 5 heteroatoms. The molecule has 1 aromatic heterocycles. The van der Waals surface area contributed by atoms with Gasteiger partial charge in [-0.05, 0) is 18.6 Å². The Hall–Kier alpha value is -1.62. The molecule has 0 N–H and O–H groups in total. The molecule has 1 fully saturated rings. The summed E-state index contributed by atoms with van der Waals surface area (Å²) in [6, 6.07) is 3.60. The van der Waals surface area contributed by atoms with Crippen molar-refractivity contribution < 1.29 is 19.0 Å². The van der Waals surface area contributed by atoms with Crippen LogP contribution < -0.4 is 4.74 Å². The van der Waals surface area contributed by atoms with Gasteiger partial charge in [-0.2, -0.15) is 0 Å². The lowest BCUT2D eigenvalue weighted by atomic mass is 9.92. The number of methoxy groups -OCH3 is 1. The van der Waals surface area contributed by atoms with Gasteiger partial charge in [0.25, 0.3) is 0 Å². The lowest BCUT2D eigenvalue weighted by molar-refractivity contribution is -0.148. The first kappa shape index (κ1) is 12.8. The summed E-state index contributed by atoms with van der Waals surface area (Å²) in [6.45, 7) is 1.59. The van der Waals surface area contributed by atoms with Crippen LogP contribution in [0.15, 0.2) is 24.5 Å². The van der Waals surface area contributed by atoms with Gasteiger partial charge in [-0.15, -0.1) is 0 Å². The van der Waals surface area contributed by atoms with Crippen LogP contribution in [0.2, 0.25) is 0 Å². The molecule has 0 spiro atoms. The van der Waals surface area contributed by atoms with E-state index in [0.717, 1.165) is 6.42 Å². The normalized spacial score (nSPS) is 20.4. The van der Waals surface area contributed by atoms with E-state index in [2.05, 4.69) is 4.98 Å². The number of hydrogen-bond acceptors (Lipinski definition) is 5. The molecule has 1 saturated heterocycles. The smallest absolute Gasteiger partial charge is 0.312 e. The summed E-state index contributed by atoms with van der Waals surface area (Å²) in [4.78, 5) is 15.7. The van der Waals surface area contributed by atoms with Gasteiger partial charge in [0.1, 0.15) is 12.4 Å². The largest absolute Gasteiger partial charge is 0.491 e. The van der Waals surface area contributed by atoms with Crippen molar-refractivity contribution in [3.8, 4) is 5.75 Å². The van der Waals surface area contributed by atoms with Crippen LogP contribution in [0.5, 0.6) is 5.75 Å². The van der Waals surface area contributed by atoms with E-state index in [0.29, 0.717) is 25.6 Å². The molecule has 2 unspecified atom stereocenters. The van der Waals surface area contributed by atoms with Crippen molar-refractivity contribution in [3.05, 3.63) is 24.5 Å². The molecule has 0 radical (unpaired) electrons. The van der Waals surface area contributed by atoms with E-state index in [4.69, 9.17) is 14.2 Å². The van der Waals surface area contributed by atoms with Crippen molar-refractivity contribution in [2.75, 3.05) is 26.9 Å².